The van der Waals surface area contributed by atoms with Gasteiger partial charge in [0.05, 0.1) is 6.42 Å². The van der Waals surface area contributed by atoms with Gasteiger partial charge in [-0.3, -0.25) is 4.79 Å². The van der Waals surface area contributed by atoms with E-state index in [2.05, 4.69) is 22.8 Å². The summed E-state index contributed by atoms with van der Waals surface area (Å²) >= 11 is 0. The lowest BCUT2D eigenvalue weighted by Gasteiger charge is -2.31. The Labute approximate surface area is 101 Å². The molecule has 4 heteroatoms. The third-order valence-electron chi connectivity index (χ3n) is 3.61. The first-order chi connectivity index (χ1) is 8.28. The number of anilines is 2. The van der Waals surface area contributed by atoms with Gasteiger partial charge in [-0.1, -0.05) is 0 Å². The Hall–Kier alpha value is -1.55. The molecule has 1 saturated heterocycles. The van der Waals surface area contributed by atoms with Crippen LogP contribution in [0.4, 0.5) is 11.4 Å². The molecule has 2 heterocycles. The average molecular weight is 231 g/mol. The molecule has 1 aromatic carbocycles. The van der Waals surface area contributed by atoms with Crippen LogP contribution in [0.2, 0.25) is 0 Å². The Morgan fingerprint density at radius 3 is 2.94 bits per heavy atom. The van der Waals surface area contributed by atoms with Gasteiger partial charge in [0, 0.05) is 44.0 Å². The molecule has 0 atom stereocenters. The molecule has 3 rings (SSSR count). The van der Waals surface area contributed by atoms with E-state index in [1.54, 1.807) is 0 Å². The number of hydrogen-bond donors (Lipinski definition) is 2. The molecule has 1 amide bonds. The van der Waals surface area contributed by atoms with Crippen molar-refractivity contribution in [3.63, 3.8) is 0 Å². The van der Waals surface area contributed by atoms with Crippen LogP contribution in [0.15, 0.2) is 18.2 Å². The van der Waals surface area contributed by atoms with Crippen LogP contribution in [-0.4, -0.2) is 32.6 Å². The van der Waals surface area contributed by atoms with Crippen LogP contribution in [0.1, 0.15) is 5.56 Å². The highest BCUT2D eigenvalue weighted by Gasteiger charge is 2.30. The minimum atomic E-state index is 0.236. The highest BCUT2D eigenvalue weighted by Crippen LogP contribution is 2.32. The predicted molar refractivity (Wildman–Crippen MR) is 68.4 cm³/mol. The van der Waals surface area contributed by atoms with Crippen molar-refractivity contribution >= 4 is 17.3 Å². The van der Waals surface area contributed by atoms with Crippen LogP contribution in [-0.2, 0) is 11.2 Å². The maximum absolute atomic E-state index is 12.0. The normalized spacial score (nSPS) is 19.1. The number of fused-ring (bicyclic) bond motifs is 1. The van der Waals surface area contributed by atoms with Gasteiger partial charge in [-0.05, 0) is 23.8 Å². The highest BCUT2D eigenvalue weighted by atomic mass is 16.2. The maximum atomic E-state index is 12.0. The number of nitrogens with zero attached hydrogens (tertiary/aromatic N) is 1. The smallest absolute Gasteiger partial charge is 0.231 e. The summed E-state index contributed by atoms with van der Waals surface area (Å²) in [5.74, 6) is 0.856. The van der Waals surface area contributed by atoms with Crippen molar-refractivity contribution in [3.8, 4) is 0 Å². The van der Waals surface area contributed by atoms with Crippen LogP contribution in [0.3, 0.4) is 0 Å². The van der Waals surface area contributed by atoms with Crippen LogP contribution in [0, 0.1) is 5.92 Å². The minimum Gasteiger partial charge on any atom is -0.388 e. The van der Waals surface area contributed by atoms with Gasteiger partial charge in [0.25, 0.3) is 0 Å². The molecular formula is C13H17N3O. The summed E-state index contributed by atoms with van der Waals surface area (Å²) in [5, 5.41) is 6.35. The number of carbonyl (C=O) groups is 1. The van der Waals surface area contributed by atoms with Crippen molar-refractivity contribution in [1.82, 2.24) is 5.32 Å². The number of carbonyl (C=O) groups excluding carboxylic acids is 1. The van der Waals surface area contributed by atoms with E-state index in [9.17, 15) is 4.79 Å². The molecule has 0 aromatic heterocycles. The third kappa shape index (κ3) is 1.78. The van der Waals surface area contributed by atoms with Gasteiger partial charge >= 0.3 is 0 Å². The summed E-state index contributed by atoms with van der Waals surface area (Å²) in [6.45, 7) is 2.93. The molecule has 0 spiro atoms. The van der Waals surface area contributed by atoms with Crippen LogP contribution in [0.25, 0.3) is 0 Å². The molecule has 2 aliphatic heterocycles. The Kier molecular flexibility index (Phi) is 2.52. The van der Waals surface area contributed by atoms with E-state index < -0.39 is 0 Å². The summed E-state index contributed by atoms with van der Waals surface area (Å²) in [6, 6.07) is 6.16. The van der Waals surface area contributed by atoms with Crippen LogP contribution < -0.4 is 15.5 Å². The number of hydrogen-bond acceptors (Lipinski definition) is 3. The molecule has 0 bridgehead atoms. The lowest BCUT2D eigenvalue weighted by atomic mass is 10.0. The van der Waals surface area contributed by atoms with E-state index in [-0.39, 0.29) is 5.91 Å². The number of amides is 1. The van der Waals surface area contributed by atoms with Gasteiger partial charge in [-0.2, -0.15) is 0 Å². The molecular weight excluding hydrogens is 214 g/mol. The molecule has 4 nitrogen and oxygen atoms in total. The van der Waals surface area contributed by atoms with Crippen molar-refractivity contribution in [2.24, 2.45) is 5.92 Å². The molecule has 90 valence electrons. The van der Waals surface area contributed by atoms with E-state index >= 15 is 0 Å². The predicted octanol–water partition coefficient (Wildman–Crippen LogP) is 0.837. The second kappa shape index (κ2) is 4.04. The summed E-state index contributed by atoms with van der Waals surface area (Å²) in [6.07, 6.45) is 0.547. The Morgan fingerprint density at radius 1 is 1.47 bits per heavy atom. The Balaban J connectivity index is 1.85. The molecule has 0 saturated carbocycles. The summed E-state index contributed by atoms with van der Waals surface area (Å²) in [4.78, 5) is 13.9. The fourth-order valence-corrected chi connectivity index (χ4v) is 2.47. The van der Waals surface area contributed by atoms with Gasteiger partial charge in [-0.15, -0.1) is 0 Å². The van der Waals surface area contributed by atoms with Crippen LogP contribution in [0.5, 0.6) is 0 Å². The molecule has 1 fully saturated rings. The number of nitrogens with one attached hydrogen (secondary N) is 2. The van der Waals surface area contributed by atoms with E-state index in [4.69, 9.17) is 0 Å². The highest BCUT2D eigenvalue weighted by molar-refractivity contribution is 6.01. The van der Waals surface area contributed by atoms with Crippen molar-refractivity contribution in [3.05, 3.63) is 23.8 Å². The molecule has 1 aromatic rings. The van der Waals surface area contributed by atoms with E-state index in [0.717, 1.165) is 36.6 Å². The van der Waals surface area contributed by atoms with Crippen molar-refractivity contribution in [2.75, 3.05) is 36.9 Å². The van der Waals surface area contributed by atoms with Crippen molar-refractivity contribution < 1.29 is 4.79 Å². The first-order valence-corrected chi connectivity index (χ1v) is 6.09. The fourth-order valence-electron chi connectivity index (χ4n) is 2.47. The van der Waals surface area contributed by atoms with E-state index in [1.165, 1.54) is 0 Å². The van der Waals surface area contributed by atoms with Gasteiger partial charge in [0.15, 0.2) is 0 Å². The molecule has 2 N–H and O–H groups in total. The molecule has 0 aliphatic carbocycles. The summed E-state index contributed by atoms with van der Waals surface area (Å²) in [5.41, 5.74) is 3.32. The quantitative estimate of drug-likeness (QED) is 0.810. The zero-order valence-corrected chi connectivity index (χ0v) is 9.99. The second-order valence-electron chi connectivity index (χ2n) is 4.80. The molecule has 0 unspecified atom stereocenters. The van der Waals surface area contributed by atoms with Crippen LogP contribution >= 0.6 is 0 Å². The first kappa shape index (κ1) is 10.6. The van der Waals surface area contributed by atoms with E-state index in [0.29, 0.717) is 12.3 Å². The van der Waals surface area contributed by atoms with Gasteiger partial charge in [-0.25, -0.2) is 0 Å². The first-order valence-electron chi connectivity index (χ1n) is 6.09. The standard InChI is InChI=1S/C13H17N3O/c1-14-11-2-3-12-10(4-11)5-13(17)16(12)8-9-6-15-7-9/h2-4,9,14-15H,5-8H2,1H3. The monoisotopic (exact) mass is 231 g/mol. The largest absolute Gasteiger partial charge is 0.388 e. The van der Waals surface area contributed by atoms with Gasteiger partial charge in [0.1, 0.15) is 0 Å². The molecule has 2 aliphatic rings. The van der Waals surface area contributed by atoms with Gasteiger partial charge in [0.2, 0.25) is 5.91 Å². The number of rotatable bonds is 3. The number of benzene rings is 1. The molecule has 17 heavy (non-hydrogen) atoms. The Morgan fingerprint density at radius 2 is 2.29 bits per heavy atom. The second-order valence-corrected chi connectivity index (χ2v) is 4.80. The lowest BCUT2D eigenvalue weighted by Crippen LogP contribution is -2.49. The van der Waals surface area contributed by atoms with Gasteiger partial charge < -0.3 is 15.5 Å². The van der Waals surface area contributed by atoms with E-state index in [1.807, 2.05) is 18.0 Å². The minimum absolute atomic E-state index is 0.236. The topological polar surface area (TPSA) is 44.4 Å². The third-order valence-corrected chi connectivity index (χ3v) is 3.61. The summed E-state index contributed by atoms with van der Waals surface area (Å²) < 4.78 is 0. The fraction of sp³-hybridized carbons (Fsp3) is 0.462. The zero-order chi connectivity index (χ0) is 11.8. The lowest BCUT2D eigenvalue weighted by molar-refractivity contribution is -0.117. The zero-order valence-electron chi connectivity index (χ0n) is 9.99. The van der Waals surface area contributed by atoms with Crippen molar-refractivity contribution in [2.45, 2.75) is 6.42 Å². The maximum Gasteiger partial charge on any atom is 0.231 e. The Bertz CT molecular complexity index is 454. The van der Waals surface area contributed by atoms with Crippen molar-refractivity contribution in [1.29, 1.82) is 0 Å². The SMILES string of the molecule is CNc1ccc2c(c1)CC(=O)N2CC1CNC1. The average Bonchev–Trinajstić information content (AvgIpc) is 2.58. The molecule has 0 radical (unpaired) electrons. The summed E-state index contributed by atoms with van der Waals surface area (Å²) in [7, 11) is 1.90.